The summed E-state index contributed by atoms with van der Waals surface area (Å²) in [7, 11) is 0. The van der Waals surface area contributed by atoms with Crippen LogP contribution in [0.2, 0.25) is 0 Å². The number of nitrogens with zero attached hydrogens (tertiary/aromatic N) is 3. The van der Waals surface area contributed by atoms with Gasteiger partial charge in [0.25, 0.3) is 0 Å². The molecule has 4 heteroatoms. The lowest BCUT2D eigenvalue weighted by Gasteiger charge is -2.56. The molecule has 1 atom stereocenters. The molecule has 20 heavy (non-hydrogen) atoms. The molecule has 4 saturated carbocycles. The number of nitrogens with one attached hydrogen (secondary N) is 1. The summed E-state index contributed by atoms with van der Waals surface area (Å²) in [5.41, 5.74) is 0.386. The minimum absolute atomic E-state index is 0.360. The van der Waals surface area contributed by atoms with E-state index in [1.807, 2.05) is 0 Å². The Labute approximate surface area is 120 Å². The normalized spacial score (nSPS) is 45.6. The maximum Gasteiger partial charge on any atom is 0.149 e. The van der Waals surface area contributed by atoms with Gasteiger partial charge in [-0.3, -0.25) is 0 Å². The first kappa shape index (κ1) is 11.7. The SMILES string of the molecule is CC1NCCn2c1nnc2C12CC3CC(CC(C3)C1)C2. The van der Waals surface area contributed by atoms with Crippen molar-refractivity contribution in [3.63, 3.8) is 0 Å². The first-order chi connectivity index (χ1) is 9.73. The van der Waals surface area contributed by atoms with Gasteiger partial charge in [-0.25, -0.2) is 0 Å². The monoisotopic (exact) mass is 272 g/mol. The topological polar surface area (TPSA) is 42.7 Å². The smallest absolute Gasteiger partial charge is 0.149 e. The van der Waals surface area contributed by atoms with Crippen molar-refractivity contribution in [1.82, 2.24) is 20.1 Å². The van der Waals surface area contributed by atoms with E-state index in [1.165, 1.54) is 50.2 Å². The number of hydrogen-bond donors (Lipinski definition) is 1. The maximum absolute atomic E-state index is 4.71. The zero-order valence-electron chi connectivity index (χ0n) is 12.3. The first-order valence-corrected chi connectivity index (χ1v) is 8.40. The van der Waals surface area contributed by atoms with Crippen molar-refractivity contribution < 1.29 is 0 Å². The summed E-state index contributed by atoms with van der Waals surface area (Å²) in [5.74, 6) is 5.46. The van der Waals surface area contributed by atoms with Gasteiger partial charge in [0.05, 0.1) is 6.04 Å². The average molecular weight is 272 g/mol. The number of rotatable bonds is 1. The largest absolute Gasteiger partial charge is 0.312 e. The van der Waals surface area contributed by atoms with E-state index in [-0.39, 0.29) is 0 Å². The van der Waals surface area contributed by atoms with Crippen molar-refractivity contribution in [1.29, 1.82) is 0 Å². The second-order valence-electron chi connectivity index (χ2n) is 7.91. The fraction of sp³-hybridized carbons (Fsp3) is 0.875. The van der Waals surface area contributed by atoms with Crippen LogP contribution in [0.1, 0.15) is 63.1 Å². The standard InChI is InChI=1S/C16H24N4/c1-10-14-18-19-15(20(14)3-2-17-10)16-7-11-4-12(8-16)6-13(5-11)9-16/h10-13,17H,2-9H2,1H3. The Hall–Kier alpha value is -0.900. The van der Waals surface area contributed by atoms with Gasteiger partial charge in [-0.05, 0) is 63.2 Å². The number of fused-ring (bicyclic) bond motifs is 1. The van der Waals surface area contributed by atoms with Crippen LogP contribution in [0.4, 0.5) is 0 Å². The summed E-state index contributed by atoms with van der Waals surface area (Å²) in [6, 6.07) is 0.360. The van der Waals surface area contributed by atoms with Gasteiger partial charge < -0.3 is 9.88 Å². The predicted molar refractivity (Wildman–Crippen MR) is 76.3 cm³/mol. The van der Waals surface area contributed by atoms with Gasteiger partial charge in [-0.1, -0.05) is 0 Å². The minimum atomic E-state index is 0.360. The minimum Gasteiger partial charge on any atom is -0.312 e. The summed E-state index contributed by atoms with van der Waals surface area (Å²) in [4.78, 5) is 0. The van der Waals surface area contributed by atoms with Crippen molar-refractivity contribution >= 4 is 0 Å². The zero-order chi connectivity index (χ0) is 13.3. The van der Waals surface area contributed by atoms with E-state index in [4.69, 9.17) is 5.10 Å². The lowest BCUT2D eigenvalue weighted by Crippen LogP contribution is -2.50. The van der Waals surface area contributed by atoms with Crippen LogP contribution in [0, 0.1) is 17.8 Å². The maximum atomic E-state index is 4.71. The molecule has 5 aliphatic rings. The van der Waals surface area contributed by atoms with Crippen LogP contribution >= 0.6 is 0 Å². The molecule has 0 spiro atoms. The van der Waals surface area contributed by atoms with Gasteiger partial charge in [0.2, 0.25) is 0 Å². The van der Waals surface area contributed by atoms with E-state index in [0.29, 0.717) is 11.5 Å². The molecule has 108 valence electrons. The molecule has 4 bridgehead atoms. The number of hydrogen-bond acceptors (Lipinski definition) is 3. The summed E-state index contributed by atoms with van der Waals surface area (Å²) in [6.07, 6.45) is 8.66. The zero-order valence-corrected chi connectivity index (χ0v) is 12.3. The highest BCUT2D eigenvalue weighted by Gasteiger charge is 2.54. The third-order valence-electron chi connectivity index (χ3n) is 6.47. The van der Waals surface area contributed by atoms with Gasteiger partial charge in [0.1, 0.15) is 11.6 Å². The molecule has 0 aromatic carbocycles. The average Bonchev–Trinajstić information content (AvgIpc) is 2.83. The molecular weight excluding hydrogens is 248 g/mol. The van der Waals surface area contributed by atoms with Crippen LogP contribution in [0.5, 0.6) is 0 Å². The van der Waals surface area contributed by atoms with Crippen molar-refractivity contribution in [3.8, 4) is 0 Å². The van der Waals surface area contributed by atoms with E-state index in [9.17, 15) is 0 Å². The molecule has 6 rings (SSSR count). The molecule has 1 aliphatic heterocycles. The molecule has 1 N–H and O–H groups in total. The highest BCUT2D eigenvalue weighted by atomic mass is 15.3. The summed E-state index contributed by atoms with van der Waals surface area (Å²) in [6.45, 7) is 4.33. The summed E-state index contributed by atoms with van der Waals surface area (Å²) >= 11 is 0. The van der Waals surface area contributed by atoms with Gasteiger partial charge in [0, 0.05) is 18.5 Å². The molecule has 0 radical (unpaired) electrons. The Morgan fingerprint density at radius 2 is 1.70 bits per heavy atom. The highest BCUT2D eigenvalue weighted by Crippen LogP contribution is 2.60. The van der Waals surface area contributed by atoms with Gasteiger partial charge >= 0.3 is 0 Å². The van der Waals surface area contributed by atoms with Crippen molar-refractivity contribution in [2.45, 2.75) is 63.5 Å². The van der Waals surface area contributed by atoms with Gasteiger partial charge in [0.15, 0.2) is 0 Å². The van der Waals surface area contributed by atoms with Gasteiger partial charge in [-0.2, -0.15) is 0 Å². The van der Waals surface area contributed by atoms with Crippen molar-refractivity contribution in [2.24, 2.45) is 17.8 Å². The van der Waals surface area contributed by atoms with Crippen LogP contribution in [0.3, 0.4) is 0 Å². The molecule has 1 unspecified atom stereocenters. The Morgan fingerprint density at radius 1 is 1.05 bits per heavy atom. The molecule has 4 nitrogen and oxygen atoms in total. The Balaban J connectivity index is 1.60. The first-order valence-electron chi connectivity index (χ1n) is 8.40. The molecule has 0 saturated heterocycles. The van der Waals surface area contributed by atoms with Crippen molar-refractivity contribution in [3.05, 3.63) is 11.6 Å². The Kier molecular flexibility index (Phi) is 2.25. The second kappa shape index (κ2) is 3.85. The predicted octanol–water partition coefficient (Wildman–Crippen LogP) is 2.41. The van der Waals surface area contributed by atoms with Crippen LogP contribution in [0.15, 0.2) is 0 Å². The van der Waals surface area contributed by atoms with Gasteiger partial charge in [-0.15, -0.1) is 10.2 Å². The van der Waals surface area contributed by atoms with Crippen LogP contribution < -0.4 is 5.32 Å². The van der Waals surface area contributed by atoms with E-state index < -0.39 is 0 Å². The van der Waals surface area contributed by atoms with Crippen LogP contribution in [0.25, 0.3) is 0 Å². The molecule has 4 aliphatic carbocycles. The highest BCUT2D eigenvalue weighted by molar-refractivity contribution is 5.20. The third-order valence-corrected chi connectivity index (χ3v) is 6.47. The number of aromatic nitrogens is 3. The fourth-order valence-electron chi connectivity index (χ4n) is 6.12. The van der Waals surface area contributed by atoms with Crippen LogP contribution in [-0.2, 0) is 12.0 Å². The summed E-state index contributed by atoms with van der Waals surface area (Å²) in [5, 5.41) is 12.8. The lowest BCUT2D eigenvalue weighted by atomic mass is 9.49. The molecular formula is C16H24N4. The Morgan fingerprint density at radius 3 is 2.35 bits per heavy atom. The Bertz CT molecular complexity index is 511. The van der Waals surface area contributed by atoms with E-state index in [2.05, 4.69) is 21.9 Å². The van der Waals surface area contributed by atoms with Crippen LogP contribution in [-0.4, -0.2) is 21.3 Å². The molecule has 2 heterocycles. The van der Waals surface area contributed by atoms with E-state index in [0.717, 1.165) is 30.8 Å². The van der Waals surface area contributed by atoms with E-state index in [1.54, 1.807) is 0 Å². The molecule has 1 aromatic rings. The van der Waals surface area contributed by atoms with E-state index >= 15 is 0 Å². The van der Waals surface area contributed by atoms with Crippen molar-refractivity contribution in [2.75, 3.05) is 6.54 Å². The molecule has 4 fully saturated rings. The molecule has 1 aromatic heterocycles. The lowest BCUT2D eigenvalue weighted by molar-refractivity contribution is -0.0114. The second-order valence-corrected chi connectivity index (χ2v) is 7.91. The third kappa shape index (κ3) is 1.46. The quantitative estimate of drug-likeness (QED) is 0.853. The fourth-order valence-corrected chi connectivity index (χ4v) is 6.12. The molecule has 0 amide bonds. The summed E-state index contributed by atoms with van der Waals surface area (Å²) < 4.78 is 2.47.